The maximum absolute atomic E-state index is 9.28. The molecule has 2 N–H and O–H groups in total. The molecule has 0 radical (unpaired) electrons. The molecule has 0 saturated carbocycles. The van der Waals surface area contributed by atoms with Crippen LogP contribution >= 0.6 is 23.4 Å². The Bertz CT molecular complexity index is 403. The molecule has 100 valence electrons. The third kappa shape index (κ3) is 3.68. The molecule has 8 heteroatoms. The number of thioether (sulfide) groups is 1. The van der Waals surface area contributed by atoms with E-state index in [1.54, 1.807) is 0 Å². The van der Waals surface area contributed by atoms with E-state index in [-0.39, 0.29) is 11.9 Å². The smallest absolute Gasteiger partial charge is 0.230 e. The molecule has 1 unspecified atom stereocenters. The number of anilines is 1. The Kier molecular flexibility index (Phi) is 4.99. The Morgan fingerprint density at radius 2 is 2.00 bits per heavy atom. The first-order valence-corrected chi connectivity index (χ1v) is 7.13. The van der Waals surface area contributed by atoms with Gasteiger partial charge in [0.1, 0.15) is 0 Å². The number of aliphatic hydroxyl groups excluding tert-OH is 2. The molecule has 0 spiro atoms. The number of rotatable bonds is 5. The molecule has 18 heavy (non-hydrogen) atoms. The fraction of sp³-hybridized carbons (Fsp3) is 0.700. The quantitative estimate of drug-likeness (QED) is 0.767. The SMILES string of the molecule is OCC(O)CSc1nc(Cl)nc(N2CCCC2)n1. The van der Waals surface area contributed by atoms with Crippen LogP contribution in [-0.2, 0) is 0 Å². The highest BCUT2D eigenvalue weighted by Crippen LogP contribution is 2.21. The molecule has 1 atom stereocenters. The summed E-state index contributed by atoms with van der Waals surface area (Å²) in [4.78, 5) is 14.5. The number of nitrogens with zero attached hydrogens (tertiary/aromatic N) is 4. The van der Waals surface area contributed by atoms with E-state index in [4.69, 9.17) is 16.7 Å². The van der Waals surface area contributed by atoms with Crippen molar-refractivity contribution in [2.75, 3.05) is 30.3 Å². The van der Waals surface area contributed by atoms with Crippen molar-refractivity contribution in [1.29, 1.82) is 0 Å². The van der Waals surface area contributed by atoms with E-state index >= 15 is 0 Å². The van der Waals surface area contributed by atoms with Gasteiger partial charge >= 0.3 is 0 Å². The standard InChI is InChI=1S/C10H15ClN4O2S/c11-8-12-9(15-3-1-2-4-15)14-10(13-8)18-6-7(17)5-16/h7,16-17H,1-6H2. The lowest BCUT2D eigenvalue weighted by Crippen LogP contribution is -2.21. The van der Waals surface area contributed by atoms with Crippen LogP contribution in [0, 0.1) is 0 Å². The predicted molar refractivity (Wildman–Crippen MR) is 70.1 cm³/mol. The highest BCUT2D eigenvalue weighted by Gasteiger charge is 2.17. The highest BCUT2D eigenvalue weighted by atomic mass is 35.5. The Hall–Kier alpha value is -0.630. The monoisotopic (exact) mass is 290 g/mol. The van der Waals surface area contributed by atoms with Crippen molar-refractivity contribution < 1.29 is 10.2 Å². The zero-order valence-electron chi connectivity index (χ0n) is 9.79. The molecule has 0 amide bonds. The summed E-state index contributed by atoms with van der Waals surface area (Å²) in [5, 5.41) is 18.7. The van der Waals surface area contributed by atoms with Gasteiger partial charge in [0.05, 0.1) is 12.7 Å². The van der Waals surface area contributed by atoms with E-state index in [0.29, 0.717) is 16.9 Å². The van der Waals surface area contributed by atoms with Crippen LogP contribution in [0.3, 0.4) is 0 Å². The maximum atomic E-state index is 9.28. The van der Waals surface area contributed by atoms with Gasteiger partial charge < -0.3 is 15.1 Å². The van der Waals surface area contributed by atoms with E-state index in [1.165, 1.54) is 11.8 Å². The van der Waals surface area contributed by atoms with Gasteiger partial charge in [0.25, 0.3) is 0 Å². The molecule has 0 bridgehead atoms. The van der Waals surface area contributed by atoms with Crippen molar-refractivity contribution in [3.05, 3.63) is 5.28 Å². The van der Waals surface area contributed by atoms with Crippen molar-refractivity contribution in [2.45, 2.75) is 24.1 Å². The van der Waals surface area contributed by atoms with Gasteiger partial charge in [0.15, 0.2) is 5.16 Å². The molecule has 1 aliphatic heterocycles. The van der Waals surface area contributed by atoms with Crippen molar-refractivity contribution in [2.24, 2.45) is 0 Å². The molecule has 1 aromatic heterocycles. The highest BCUT2D eigenvalue weighted by molar-refractivity contribution is 7.99. The van der Waals surface area contributed by atoms with E-state index in [0.717, 1.165) is 25.9 Å². The third-order valence-corrected chi connectivity index (χ3v) is 3.74. The molecular weight excluding hydrogens is 276 g/mol. The second kappa shape index (κ2) is 6.51. The Morgan fingerprint density at radius 1 is 1.28 bits per heavy atom. The van der Waals surface area contributed by atoms with Crippen LogP contribution in [0.2, 0.25) is 5.28 Å². The summed E-state index contributed by atoms with van der Waals surface area (Å²) in [6.07, 6.45) is 1.49. The lowest BCUT2D eigenvalue weighted by Gasteiger charge is -2.15. The molecule has 6 nitrogen and oxygen atoms in total. The first-order chi connectivity index (χ1) is 8.69. The fourth-order valence-corrected chi connectivity index (χ4v) is 2.62. The molecule has 1 fully saturated rings. The third-order valence-electron chi connectivity index (χ3n) is 2.58. The number of halogens is 1. The minimum atomic E-state index is -0.777. The number of aromatic nitrogens is 3. The van der Waals surface area contributed by atoms with E-state index in [1.807, 2.05) is 0 Å². The van der Waals surface area contributed by atoms with Crippen LogP contribution in [0.25, 0.3) is 0 Å². The summed E-state index contributed by atoms with van der Waals surface area (Å²) in [7, 11) is 0. The summed E-state index contributed by atoms with van der Waals surface area (Å²) in [5.41, 5.74) is 0. The fourth-order valence-electron chi connectivity index (χ4n) is 1.67. The molecule has 1 aromatic rings. The van der Waals surface area contributed by atoms with Crippen molar-refractivity contribution in [3.8, 4) is 0 Å². The summed E-state index contributed by atoms with van der Waals surface area (Å²) in [6, 6.07) is 0. The average Bonchev–Trinajstić information content (AvgIpc) is 2.89. The van der Waals surface area contributed by atoms with E-state index < -0.39 is 6.10 Å². The van der Waals surface area contributed by atoms with Gasteiger partial charge in [-0.1, -0.05) is 11.8 Å². The van der Waals surface area contributed by atoms with Crippen molar-refractivity contribution in [3.63, 3.8) is 0 Å². The molecule has 2 heterocycles. The van der Waals surface area contributed by atoms with Crippen LogP contribution in [0.15, 0.2) is 5.16 Å². The summed E-state index contributed by atoms with van der Waals surface area (Å²) in [6.45, 7) is 1.60. The summed E-state index contributed by atoms with van der Waals surface area (Å²) in [5.74, 6) is 0.921. The van der Waals surface area contributed by atoms with E-state index in [2.05, 4.69) is 19.9 Å². The molecule has 1 aliphatic rings. The molecule has 0 aromatic carbocycles. The van der Waals surface area contributed by atoms with Gasteiger partial charge in [-0.15, -0.1) is 0 Å². The largest absolute Gasteiger partial charge is 0.394 e. The Morgan fingerprint density at radius 3 is 2.67 bits per heavy atom. The zero-order chi connectivity index (χ0) is 13.0. The Labute approximate surface area is 114 Å². The molecule has 0 aliphatic carbocycles. The van der Waals surface area contributed by atoms with Crippen LogP contribution in [0.5, 0.6) is 0 Å². The first kappa shape index (κ1) is 13.8. The second-order valence-electron chi connectivity index (χ2n) is 4.03. The van der Waals surface area contributed by atoms with Gasteiger partial charge in [-0.2, -0.15) is 15.0 Å². The molecule has 1 saturated heterocycles. The van der Waals surface area contributed by atoms with Gasteiger partial charge in [0.2, 0.25) is 11.2 Å². The zero-order valence-corrected chi connectivity index (χ0v) is 11.4. The normalized spacial score (nSPS) is 17.2. The van der Waals surface area contributed by atoms with Crippen molar-refractivity contribution in [1.82, 2.24) is 15.0 Å². The maximum Gasteiger partial charge on any atom is 0.230 e. The lowest BCUT2D eigenvalue weighted by molar-refractivity contribution is 0.113. The van der Waals surface area contributed by atoms with Crippen LogP contribution < -0.4 is 4.90 Å². The first-order valence-electron chi connectivity index (χ1n) is 5.77. The average molecular weight is 291 g/mol. The molecular formula is C10H15ClN4O2S. The van der Waals surface area contributed by atoms with Crippen LogP contribution in [0.1, 0.15) is 12.8 Å². The summed E-state index contributed by atoms with van der Waals surface area (Å²) >= 11 is 7.12. The topological polar surface area (TPSA) is 82.4 Å². The molecule has 2 rings (SSSR count). The van der Waals surface area contributed by atoms with Gasteiger partial charge in [0, 0.05) is 18.8 Å². The lowest BCUT2D eigenvalue weighted by atomic mass is 10.4. The number of aliphatic hydroxyl groups is 2. The predicted octanol–water partition coefficient (Wildman–Crippen LogP) is 0.571. The number of hydrogen-bond acceptors (Lipinski definition) is 7. The Balaban J connectivity index is 2.06. The van der Waals surface area contributed by atoms with Gasteiger partial charge in [-0.25, -0.2) is 0 Å². The minimum Gasteiger partial charge on any atom is -0.394 e. The van der Waals surface area contributed by atoms with E-state index in [9.17, 15) is 5.11 Å². The van der Waals surface area contributed by atoms with Crippen LogP contribution in [0.4, 0.5) is 5.95 Å². The summed E-state index contributed by atoms with van der Waals surface area (Å²) < 4.78 is 0. The van der Waals surface area contributed by atoms with Gasteiger partial charge in [-0.3, -0.25) is 0 Å². The minimum absolute atomic E-state index is 0.160. The van der Waals surface area contributed by atoms with Crippen molar-refractivity contribution >= 4 is 29.3 Å². The second-order valence-corrected chi connectivity index (χ2v) is 5.35. The number of hydrogen-bond donors (Lipinski definition) is 2. The van der Waals surface area contributed by atoms with Crippen LogP contribution in [-0.4, -0.2) is 56.7 Å². The van der Waals surface area contributed by atoms with Gasteiger partial charge in [-0.05, 0) is 24.4 Å².